The predicted octanol–water partition coefficient (Wildman–Crippen LogP) is 3.48. The lowest BCUT2D eigenvalue weighted by atomic mass is 10.1. The van der Waals surface area contributed by atoms with Crippen molar-refractivity contribution in [3.63, 3.8) is 0 Å². The van der Waals surface area contributed by atoms with Crippen LogP contribution < -0.4 is 4.90 Å². The van der Waals surface area contributed by atoms with Crippen LogP contribution in [0.4, 0.5) is 23.2 Å². The van der Waals surface area contributed by atoms with Crippen molar-refractivity contribution in [1.29, 1.82) is 0 Å². The van der Waals surface area contributed by atoms with E-state index in [0.717, 1.165) is 18.2 Å². The minimum Gasteiger partial charge on any atom is -0.307 e. The lowest BCUT2D eigenvalue weighted by Crippen LogP contribution is -2.55. The predicted molar refractivity (Wildman–Crippen MR) is 84.9 cm³/mol. The number of anilines is 1. The van der Waals surface area contributed by atoms with Crippen LogP contribution in [0.2, 0.25) is 0 Å². The average Bonchev–Trinajstić information content (AvgIpc) is 2.56. The Balaban J connectivity index is 1.80. The van der Waals surface area contributed by atoms with Gasteiger partial charge < -0.3 is 4.90 Å². The van der Waals surface area contributed by atoms with E-state index in [2.05, 4.69) is 0 Å². The molecule has 1 aliphatic rings. The second-order valence-electron chi connectivity index (χ2n) is 5.93. The summed E-state index contributed by atoms with van der Waals surface area (Å²) < 4.78 is 54.6. The third-order valence-corrected chi connectivity index (χ3v) is 4.41. The van der Waals surface area contributed by atoms with Crippen molar-refractivity contribution in [2.45, 2.75) is 19.5 Å². The molecule has 0 aliphatic carbocycles. The zero-order valence-electron chi connectivity index (χ0n) is 13.5. The molecule has 1 heterocycles. The van der Waals surface area contributed by atoms with E-state index in [0.29, 0.717) is 12.6 Å². The molecule has 1 saturated heterocycles. The van der Waals surface area contributed by atoms with Gasteiger partial charge in [0.2, 0.25) is 5.91 Å². The number of halogens is 4. The highest BCUT2D eigenvalue weighted by Gasteiger charge is 2.34. The highest BCUT2D eigenvalue weighted by atomic mass is 19.1. The largest absolute Gasteiger partial charge is 0.307 e. The number of carbonyl (C=O) groups is 1. The van der Waals surface area contributed by atoms with Crippen LogP contribution in [0, 0.1) is 23.3 Å². The number of benzene rings is 2. The van der Waals surface area contributed by atoms with Crippen molar-refractivity contribution < 1.29 is 22.4 Å². The van der Waals surface area contributed by atoms with Crippen LogP contribution in [0.3, 0.4) is 0 Å². The number of carbonyl (C=O) groups excluding carboxylic acids is 1. The molecule has 0 N–H and O–H groups in total. The van der Waals surface area contributed by atoms with Gasteiger partial charge in [-0.25, -0.2) is 17.6 Å². The van der Waals surface area contributed by atoms with Gasteiger partial charge in [0.25, 0.3) is 0 Å². The molecule has 1 unspecified atom stereocenters. The van der Waals surface area contributed by atoms with E-state index >= 15 is 0 Å². The number of piperazine rings is 1. The SMILES string of the molecule is CC1C(=O)N(c2ccc(F)cc2F)CCN1Cc1c(F)cccc1F. The van der Waals surface area contributed by atoms with Gasteiger partial charge in [-0.2, -0.15) is 0 Å². The smallest absolute Gasteiger partial charge is 0.244 e. The quantitative estimate of drug-likeness (QED) is 0.790. The first-order valence-corrected chi connectivity index (χ1v) is 7.82. The van der Waals surface area contributed by atoms with Gasteiger partial charge in [0.05, 0.1) is 11.7 Å². The molecule has 2 aromatic rings. The molecule has 0 radical (unpaired) electrons. The molecule has 1 atom stereocenters. The topological polar surface area (TPSA) is 23.6 Å². The highest BCUT2D eigenvalue weighted by molar-refractivity contribution is 5.97. The molecule has 2 aromatic carbocycles. The zero-order valence-corrected chi connectivity index (χ0v) is 13.5. The summed E-state index contributed by atoms with van der Waals surface area (Å²) in [5, 5.41) is 0. The summed E-state index contributed by atoms with van der Waals surface area (Å²) in [5.74, 6) is -3.31. The van der Waals surface area contributed by atoms with E-state index in [1.54, 1.807) is 11.8 Å². The van der Waals surface area contributed by atoms with Crippen LogP contribution in [0.25, 0.3) is 0 Å². The summed E-state index contributed by atoms with van der Waals surface area (Å²) in [6.45, 7) is 1.97. The van der Waals surface area contributed by atoms with Gasteiger partial charge in [-0.15, -0.1) is 0 Å². The molecule has 0 saturated carbocycles. The Kier molecular flexibility index (Phi) is 4.76. The maximum Gasteiger partial charge on any atom is 0.244 e. The van der Waals surface area contributed by atoms with E-state index in [4.69, 9.17) is 0 Å². The van der Waals surface area contributed by atoms with E-state index in [9.17, 15) is 22.4 Å². The first kappa shape index (κ1) is 17.4. The van der Waals surface area contributed by atoms with Crippen LogP contribution in [-0.2, 0) is 11.3 Å². The Morgan fingerprint density at radius 2 is 1.68 bits per heavy atom. The van der Waals surface area contributed by atoms with Gasteiger partial charge in [0.1, 0.15) is 23.3 Å². The standard InChI is InChI=1S/C18H16F4N2O/c1-11-18(25)24(17-6-5-12(19)9-16(17)22)8-7-23(11)10-13-14(20)3-2-4-15(13)21/h2-6,9,11H,7-8,10H2,1H3. The van der Waals surface area contributed by atoms with Crippen molar-refractivity contribution in [3.8, 4) is 0 Å². The molecule has 1 amide bonds. The lowest BCUT2D eigenvalue weighted by molar-refractivity contribution is -0.125. The number of nitrogens with zero attached hydrogens (tertiary/aromatic N) is 2. The highest BCUT2D eigenvalue weighted by Crippen LogP contribution is 2.26. The Labute approximate surface area is 142 Å². The third-order valence-electron chi connectivity index (χ3n) is 4.41. The Bertz CT molecular complexity index is 791. The first-order chi connectivity index (χ1) is 11.9. The molecular weight excluding hydrogens is 336 g/mol. The van der Waals surface area contributed by atoms with Gasteiger partial charge in [-0.1, -0.05) is 6.07 Å². The maximum atomic E-state index is 13.9. The van der Waals surface area contributed by atoms with Gasteiger partial charge >= 0.3 is 0 Å². The van der Waals surface area contributed by atoms with Gasteiger partial charge in [-0.05, 0) is 31.2 Å². The van der Waals surface area contributed by atoms with E-state index in [1.165, 1.54) is 17.0 Å². The third kappa shape index (κ3) is 3.37. The molecule has 3 nitrogen and oxygen atoms in total. The van der Waals surface area contributed by atoms with Crippen molar-refractivity contribution in [2.75, 3.05) is 18.0 Å². The van der Waals surface area contributed by atoms with Crippen LogP contribution in [0.5, 0.6) is 0 Å². The summed E-state index contributed by atoms with van der Waals surface area (Å²) in [6, 6.07) is 5.91. The van der Waals surface area contributed by atoms with Gasteiger partial charge in [-0.3, -0.25) is 9.69 Å². The molecule has 3 rings (SSSR count). The van der Waals surface area contributed by atoms with E-state index in [1.807, 2.05) is 0 Å². The number of amides is 1. The van der Waals surface area contributed by atoms with E-state index in [-0.39, 0.29) is 24.3 Å². The van der Waals surface area contributed by atoms with Crippen molar-refractivity contribution in [3.05, 3.63) is 65.2 Å². The van der Waals surface area contributed by atoms with Crippen molar-refractivity contribution in [2.24, 2.45) is 0 Å². The number of hydrogen-bond acceptors (Lipinski definition) is 2. The first-order valence-electron chi connectivity index (χ1n) is 7.82. The second kappa shape index (κ2) is 6.84. The molecule has 0 aromatic heterocycles. The summed E-state index contributed by atoms with van der Waals surface area (Å²) in [6.07, 6.45) is 0. The molecule has 1 aliphatic heterocycles. The zero-order chi connectivity index (χ0) is 18.1. The monoisotopic (exact) mass is 352 g/mol. The Morgan fingerprint density at radius 1 is 1.00 bits per heavy atom. The minimum absolute atomic E-state index is 0.00466. The molecule has 132 valence electrons. The number of hydrogen-bond donors (Lipinski definition) is 0. The fourth-order valence-corrected chi connectivity index (χ4v) is 2.96. The fourth-order valence-electron chi connectivity index (χ4n) is 2.96. The van der Waals surface area contributed by atoms with E-state index < -0.39 is 35.2 Å². The van der Waals surface area contributed by atoms with Crippen LogP contribution in [-0.4, -0.2) is 29.9 Å². The average molecular weight is 352 g/mol. The molecule has 7 heteroatoms. The molecular formula is C18H16F4N2O. The van der Waals surface area contributed by atoms with Crippen LogP contribution in [0.15, 0.2) is 36.4 Å². The lowest BCUT2D eigenvalue weighted by Gasteiger charge is -2.39. The fraction of sp³-hybridized carbons (Fsp3) is 0.278. The van der Waals surface area contributed by atoms with Crippen molar-refractivity contribution in [1.82, 2.24) is 4.90 Å². The normalized spacial score (nSPS) is 18.7. The Morgan fingerprint density at radius 3 is 2.32 bits per heavy atom. The summed E-state index contributed by atoms with van der Waals surface area (Å²) in [5.41, 5.74) is -0.112. The molecule has 1 fully saturated rings. The summed E-state index contributed by atoms with van der Waals surface area (Å²) >= 11 is 0. The molecule has 0 spiro atoms. The van der Waals surface area contributed by atoms with Gasteiger partial charge in [0.15, 0.2) is 0 Å². The van der Waals surface area contributed by atoms with Crippen molar-refractivity contribution >= 4 is 11.6 Å². The maximum absolute atomic E-state index is 13.9. The second-order valence-corrected chi connectivity index (χ2v) is 5.93. The molecule has 25 heavy (non-hydrogen) atoms. The Hall–Kier alpha value is -2.41. The van der Waals surface area contributed by atoms with Crippen LogP contribution >= 0.6 is 0 Å². The number of rotatable bonds is 3. The summed E-state index contributed by atoms with van der Waals surface area (Å²) in [4.78, 5) is 15.4. The van der Waals surface area contributed by atoms with Gasteiger partial charge in [0, 0.05) is 31.3 Å². The summed E-state index contributed by atoms with van der Waals surface area (Å²) in [7, 11) is 0. The van der Waals surface area contributed by atoms with Crippen LogP contribution in [0.1, 0.15) is 12.5 Å². The minimum atomic E-state index is -0.825. The molecule has 0 bridgehead atoms.